The normalized spacial score (nSPS) is 13.9. The van der Waals surface area contributed by atoms with Crippen LogP contribution in [0.1, 0.15) is 28.0 Å². The second kappa shape index (κ2) is 11.3. The van der Waals surface area contributed by atoms with Gasteiger partial charge in [0.1, 0.15) is 5.69 Å². The van der Waals surface area contributed by atoms with Crippen molar-refractivity contribution in [3.8, 4) is 0 Å². The average Bonchev–Trinajstić information content (AvgIpc) is 3.31. The van der Waals surface area contributed by atoms with Crippen LogP contribution >= 0.6 is 11.6 Å². The van der Waals surface area contributed by atoms with Crippen molar-refractivity contribution in [2.24, 2.45) is 0 Å². The maximum absolute atomic E-state index is 14.0. The number of benzene rings is 4. The van der Waals surface area contributed by atoms with Gasteiger partial charge in [0.15, 0.2) is 0 Å². The predicted molar refractivity (Wildman–Crippen MR) is 174 cm³/mol. The van der Waals surface area contributed by atoms with Gasteiger partial charge < -0.3 is 10.3 Å². The van der Waals surface area contributed by atoms with Gasteiger partial charge in [0.25, 0.3) is 26.0 Å². The standard InChI is InChI=1S/C32H29ClN4O5S2/c1-21-4-10-26(11-5-21)43(39,40)36-16-3-17-37(44(41,42)27-12-6-22(2)7-13-27)31-20-25(9-15-30(31)36)34-32(38)29-19-23-18-24(33)8-14-28(23)35-29/h4-15,18-20,35H,3,16-17H2,1-2H3,(H,34,38). The number of carbonyl (C=O) groups excluding carboxylic acids is 1. The summed E-state index contributed by atoms with van der Waals surface area (Å²) in [4.78, 5) is 16.5. The smallest absolute Gasteiger partial charge is 0.272 e. The number of fused-ring (bicyclic) bond motifs is 2. The van der Waals surface area contributed by atoms with Crippen molar-refractivity contribution in [3.63, 3.8) is 0 Å². The van der Waals surface area contributed by atoms with Gasteiger partial charge in [-0.15, -0.1) is 0 Å². The van der Waals surface area contributed by atoms with E-state index in [1.54, 1.807) is 54.6 Å². The van der Waals surface area contributed by atoms with Gasteiger partial charge in [-0.05, 0) is 87.0 Å². The lowest BCUT2D eigenvalue weighted by Gasteiger charge is -2.28. The van der Waals surface area contributed by atoms with Crippen LogP contribution in [0.3, 0.4) is 0 Å². The fourth-order valence-electron chi connectivity index (χ4n) is 5.21. The molecule has 0 atom stereocenters. The lowest BCUT2D eigenvalue weighted by atomic mass is 10.2. The number of anilines is 3. The summed E-state index contributed by atoms with van der Waals surface area (Å²) < 4.78 is 58.3. The molecule has 1 aromatic heterocycles. The van der Waals surface area contributed by atoms with Gasteiger partial charge in [0, 0.05) is 34.7 Å². The first kappa shape index (κ1) is 29.7. The highest BCUT2D eigenvalue weighted by Gasteiger charge is 2.35. The molecule has 4 aromatic carbocycles. The Morgan fingerprint density at radius 3 is 1.89 bits per heavy atom. The second-order valence-corrected chi connectivity index (χ2v) is 14.9. The van der Waals surface area contributed by atoms with Crippen molar-refractivity contribution in [1.82, 2.24) is 4.98 Å². The summed E-state index contributed by atoms with van der Waals surface area (Å²) in [5.74, 6) is -0.456. The van der Waals surface area contributed by atoms with Gasteiger partial charge >= 0.3 is 0 Å². The summed E-state index contributed by atoms with van der Waals surface area (Å²) in [7, 11) is -8.14. The van der Waals surface area contributed by atoms with Gasteiger partial charge in [-0.3, -0.25) is 13.4 Å². The van der Waals surface area contributed by atoms with Gasteiger partial charge in [0.2, 0.25) is 0 Å². The Morgan fingerprint density at radius 2 is 1.30 bits per heavy atom. The maximum Gasteiger partial charge on any atom is 0.272 e. The minimum Gasteiger partial charge on any atom is -0.351 e. The van der Waals surface area contributed by atoms with Gasteiger partial charge in [-0.25, -0.2) is 16.8 Å². The molecule has 0 saturated heterocycles. The van der Waals surface area contributed by atoms with E-state index >= 15 is 0 Å². The van der Waals surface area contributed by atoms with Crippen molar-refractivity contribution < 1.29 is 21.6 Å². The van der Waals surface area contributed by atoms with Crippen molar-refractivity contribution in [3.05, 3.63) is 113 Å². The topological polar surface area (TPSA) is 120 Å². The number of nitrogens with zero attached hydrogens (tertiary/aromatic N) is 2. The first-order valence-corrected chi connectivity index (χ1v) is 17.1. The quantitative estimate of drug-likeness (QED) is 0.218. The van der Waals surface area contributed by atoms with Crippen LogP contribution in [0.15, 0.2) is 101 Å². The van der Waals surface area contributed by atoms with E-state index in [4.69, 9.17) is 11.6 Å². The Morgan fingerprint density at radius 1 is 0.727 bits per heavy atom. The molecular formula is C32H29ClN4O5S2. The number of amides is 1. The Kier molecular flexibility index (Phi) is 7.64. The van der Waals surface area contributed by atoms with Crippen molar-refractivity contribution in [2.45, 2.75) is 30.1 Å². The fourth-order valence-corrected chi connectivity index (χ4v) is 8.42. The first-order valence-electron chi connectivity index (χ1n) is 13.9. The van der Waals surface area contributed by atoms with Crippen molar-refractivity contribution >= 4 is 65.5 Å². The molecule has 0 bridgehead atoms. The number of carbonyl (C=O) groups is 1. The van der Waals surface area contributed by atoms with Gasteiger partial charge in [0.05, 0.1) is 21.2 Å². The molecule has 0 spiro atoms. The molecule has 6 rings (SSSR count). The first-order chi connectivity index (χ1) is 20.9. The highest BCUT2D eigenvalue weighted by atomic mass is 35.5. The summed E-state index contributed by atoms with van der Waals surface area (Å²) in [6.07, 6.45) is 0.240. The molecule has 0 aliphatic carbocycles. The molecule has 1 amide bonds. The van der Waals surface area contributed by atoms with Crippen LogP contribution in [0.5, 0.6) is 0 Å². The van der Waals surface area contributed by atoms with Crippen LogP contribution in [0.25, 0.3) is 10.9 Å². The molecule has 0 radical (unpaired) electrons. The number of nitrogens with one attached hydrogen (secondary N) is 2. The highest BCUT2D eigenvalue weighted by Crippen LogP contribution is 2.40. The fraction of sp³-hybridized carbons (Fsp3) is 0.156. The van der Waals surface area contributed by atoms with E-state index in [0.29, 0.717) is 10.7 Å². The molecule has 1 aliphatic rings. The predicted octanol–water partition coefficient (Wildman–Crippen LogP) is 6.48. The summed E-state index contributed by atoms with van der Waals surface area (Å²) in [6, 6.07) is 24.5. The zero-order chi connectivity index (χ0) is 31.2. The molecule has 0 fully saturated rings. The van der Waals surface area contributed by atoms with Crippen LogP contribution in [0.4, 0.5) is 17.1 Å². The average molecular weight is 649 g/mol. The monoisotopic (exact) mass is 648 g/mol. The van der Waals surface area contributed by atoms with Gasteiger partial charge in [-0.1, -0.05) is 47.0 Å². The van der Waals surface area contributed by atoms with E-state index in [2.05, 4.69) is 10.3 Å². The van der Waals surface area contributed by atoms with Crippen LogP contribution in [0.2, 0.25) is 5.02 Å². The molecule has 0 unspecified atom stereocenters. The molecule has 44 heavy (non-hydrogen) atoms. The van der Waals surface area contributed by atoms with Crippen molar-refractivity contribution in [2.75, 3.05) is 27.0 Å². The summed E-state index contributed by atoms with van der Waals surface area (Å²) >= 11 is 6.10. The minimum absolute atomic E-state index is 0.0311. The SMILES string of the molecule is Cc1ccc(S(=O)(=O)N2CCCN(S(=O)(=O)c3ccc(C)cc3)c3cc(NC(=O)c4cc5cc(Cl)ccc5[nH]4)ccc32)cc1. The molecule has 2 heterocycles. The third kappa shape index (κ3) is 5.54. The van der Waals surface area contributed by atoms with E-state index in [9.17, 15) is 21.6 Å². The molecule has 12 heteroatoms. The number of aryl methyl sites for hydroxylation is 2. The molecule has 2 N–H and O–H groups in total. The lowest BCUT2D eigenvalue weighted by molar-refractivity contribution is 0.102. The van der Waals surface area contributed by atoms with Crippen molar-refractivity contribution in [1.29, 1.82) is 0 Å². The lowest BCUT2D eigenvalue weighted by Crippen LogP contribution is -2.32. The Balaban J connectivity index is 1.44. The largest absolute Gasteiger partial charge is 0.351 e. The number of H-pyrrole nitrogens is 1. The van der Waals surface area contributed by atoms with E-state index in [0.717, 1.165) is 22.0 Å². The molecule has 0 saturated carbocycles. The number of rotatable bonds is 6. The third-order valence-electron chi connectivity index (χ3n) is 7.54. The third-order valence-corrected chi connectivity index (χ3v) is 11.4. The zero-order valence-corrected chi connectivity index (χ0v) is 26.3. The van der Waals surface area contributed by atoms with Crippen LogP contribution in [-0.2, 0) is 20.0 Å². The van der Waals surface area contributed by atoms with Crippen LogP contribution in [0, 0.1) is 13.8 Å². The molecule has 1 aliphatic heterocycles. The van der Waals surface area contributed by atoms with Gasteiger partial charge in [-0.2, -0.15) is 0 Å². The zero-order valence-electron chi connectivity index (χ0n) is 23.9. The second-order valence-electron chi connectivity index (χ2n) is 10.7. The molecular weight excluding hydrogens is 620 g/mol. The molecule has 9 nitrogen and oxygen atoms in total. The number of halogens is 1. The number of hydrogen-bond donors (Lipinski definition) is 2. The Hall–Kier alpha value is -4.32. The number of hydrogen-bond acceptors (Lipinski definition) is 5. The highest BCUT2D eigenvalue weighted by molar-refractivity contribution is 7.93. The minimum atomic E-state index is -4.09. The van der Waals surface area contributed by atoms with Crippen LogP contribution < -0.4 is 13.9 Å². The molecule has 5 aromatic rings. The van der Waals surface area contributed by atoms with E-state index in [-0.39, 0.29) is 46.4 Å². The van der Waals surface area contributed by atoms with Crippen LogP contribution in [-0.4, -0.2) is 40.8 Å². The van der Waals surface area contributed by atoms with E-state index in [1.807, 2.05) is 13.8 Å². The summed E-state index contributed by atoms with van der Waals surface area (Å²) in [6.45, 7) is 3.82. The molecule has 226 valence electrons. The Bertz CT molecular complexity index is 2110. The number of aromatic nitrogens is 1. The van der Waals surface area contributed by atoms with E-state index < -0.39 is 26.0 Å². The number of aromatic amines is 1. The number of sulfonamides is 2. The summed E-state index contributed by atoms with van der Waals surface area (Å²) in [5, 5.41) is 4.12. The summed E-state index contributed by atoms with van der Waals surface area (Å²) in [5.41, 5.74) is 3.45. The van der Waals surface area contributed by atoms with E-state index in [1.165, 1.54) is 45.0 Å². The maximum atomic E-state index is 14.0. The Labute approximate surface area is 261 Å².